The minimum Gasteiger partial charge on any atom is -0.466 e. The van der Waals surface area contributed by atoms with Gasteiger partial charge in [-0.2, -0.15) is 0 Å². The quantitative estimate of drug-likeness (QED) is 0.612. The second-order valence-electron chi connectivity index (χ2n) is 2.61. The maximum absolute atomic E-state index is 10.7. The monoisotopic (exact) mass is 160 g/mol. The van der Waals surface area contributed by atoms with Gasteiger partial charge in [0.1, 0.15) is 0 Å². The predicted molar refractivity (Wildman–Crippen MR) is 42.2 cm³/mol. The van der Waals surface area contributed by atoms with E-state index < -0.39 is 0 Å². The first kappa shape index (κ1) is 10.4. The molecule has 0 aromatic rings. The van der Waals surface area contributed by atoms with E-state index in [-0.39, 0.29) is 12.1 Å². The molecule has 3 heteroatoms. The van der Waals surface area contributed by atoms with Crippen LogP contribution in [-0.4, -0.2) is 23.8 Å². The number of aliphatic hydroxyl groups excluding tert-OH is 1. The summed E-state index contributed by atoms with van der Waals surface area (Å²) in [6, 6.07) is 0. The maximum atomic E-state index is 10.7. The van der Waals surface area contributed by atoms with Gasteiger partial charge in [-0.3, -0.25) is 4.79 Å². The molecule has 3 nitrogen and oxygen atoms in total. The van der Waals surface area contributed by atoms with Gasteiger partial charge in [-0.1, -0.05) is 6.92 Å². The van der Waals surface area contributed by atoms with Crippen LogP contribution < -0.4 is 0 Å². The lowest BCUT2D eigenvalue weighted by molar-refractivity contribution is -0.144. The Morgan fingerprint density at radius 3 is 2.73 bits per heavy atom. The van der Waals surface area contributed by atoms with Crippen LogP contribution in [0.5, 0.6) is 0 Å². The van der Waals surface area contributed by atoms with E-state index in [0.717, 1.165) is 6.42 Å². The van der Waals surface area contributed by atoms with Gasteiger partial charge in [0, 0.05) is 12.8 Å². The van der Waals surface area contributed by atoms with Gasteiger partial charge in [0.25, 0.3) is 0 Å². The topological polar surface area (TPSA) is 46.5 Å². The Bertz CT molecular complexity index is 110. The molecule has 0 spiro atoms. The fourth-order valence-corrected chi connectivity index (χ4v) is 0.620. The third-order valence-corrected chi connectivity index (χ3v) is 1.25. The van der Waals surface area contributed by atoms with Gasteiger partial charge in [-0.15, -0.1) is 0 Å². The van der Waals surface area contributed by atoms with Crippen molar-refractivity contribution in [1.82, 2.24) is 0 Å². The van der Waals surface area contributed by atoms with E-state index in [2.05, 4.69) is 0 Å². The average molecular weight is 160 g/mol. The fourth-order valence-electron chi connectivity index (χ4n) is 0.620. The van der Waals surface area contributed by atoms with Crippen molar-refractivity contribution in [1.29, 1.82) is 0 Å². The number of aliphatic hydroxyl groups is 1. The molecule has 0 saturated carbocycles. The van der Waals surface area contributed by atoms with Gasteiger partial charge < -0.3 is 9.84 Å². The van der Waals surface area contributed by atoms with Gasteiger partial charge in [-0.25, -0.2) is 0 Å². The summed E-state index contributed by atoms with van der Waals surface area (Å²) in [6.07, 6.45) is 1.42. The smallest absolute Gasteiger partial charge is 0.305 e. The summed E-state index contributed by atoms with van der Waals surface area (Å²) in [6.45, 7) is 3.93. The minimum atomic E-state index is -0.385. The van der Waals surface area contributed by atoms with Crippen LogP contribution in [-0.2, 0) is 9.53 Å². The number of carbonyl (C=O) groups excluding carboxylic acids is 1. The first-order valence-corrected chi connectivity index (χ1v) is 4.00. The number of hydrogen-bond acceptors (Lipinski definition) is 3. The molecule has 0 aromatic carbocycles. The van der Waals surface area contributed by atoms with Crippen molar-refractivity contribution in [3.05, 3.63) is 0 Å². The highest BCUT2D eigenvalue weighted by Gasteiger charge is 2.01. The summed E-state index contributed by atoms with van der Waals surface area (Å²) in [5.74, 6) is -0.173. The highest BCUT2D eigenvalue weighted by Crippen LogP contribution is 1.94. The van der Waals surface area contributed by atoms with E-state index >= 15 is 0 Å². The van der Waals surface area contributed by atoms with Crippen LogP contribution in [0, 0.1) is 0 Å². The molecular formula is C8H16O3. The van der Waals surface area contributed by atoms with Crippen LogP contribution in [0.2, 0.25) is 0 Å². The van der Waals surface area contributed by atoms with Gasteiger partial charge in [-0.05, 0) is 13.3 Å². The molecule has 1 atom stereocenters. The molecule has 1 unspecified atom stereocenters. The summed E-state index contributed by atoms with van der Waals surface area (Å²) in [4.78, 5) is 10.7. The molecule has 0 amide bonds. The normalized spacial score (nSPS) is 12.6. The van der Waals surface area contributed by atoms with E-state index in [1.807, 2.05) is 6.92 Å². The summed E-state index contributed by atoms with van der Waals surface area (Å²) < 4.78 is 4.79. The van der Waals surface area contributed by atoms with E-state index in [1.54, 1.807) is 6.92 Å². The highest BCUT2D eigenvalue weighted by molar-refractivity contribution is 5.69. The Kier molecular flexibility index (Phi) is 5.84. The molecule has 0 radical (unpaired) electrons. The second kappa shape index (κ2) is 6.16. The average Bonchev–Trinajstić information content (AvgIpc) is 1.87. The summed E-state index contributed by atoms with van der Waals surface area (Å²) in [5, 5.41) is 8.80. The Labute approximate surface area is 67.4 Å². The number of ether oxygens (including phenoxy) is 1. The molecule has 0 fully saturated rings. The number of esters is 1. The molecule has 0 saturated heterocycles. The van der Waals surface area contributed by atoms with E-state index in [1.165, 1.54) is 0 Å². The van der Waals surface area contributed by atoms with Crippen LogP contribution in [0.15, 0.2) is 0 Å². The molecule has 0 bridgehead atoms. The van der Waals surface area contributed by atoms with Crippen LogP contribution in [0.3, 0.4) is 0 Å². The van der Waals surface area contributed by atoms with E-state index in [0.29, 0.717) is 19.4 Å². The lowest BCUT2D eigenvalue weighted by Crippen LogP contribution is -2.10. The first-order valence-electron chi connectivity index (χ1n) is 4.00. The molecule has 1 N–H and O–H groups in total. The highest BCUT2D eigenvalue weighted by atomic mass is 16.5. The lowest BCUT2D eigenvalue weighted by atomic mass is 10.3. The molecular weight excluding hydrogens is 144 g/mol. The molecule has 0 aromatic heterocycles. The van der Waals surface area contributed by atoms with Crippen molar-refractivity contribution in [2.75, 3.05) is 6.61 Å². The van der Waals surface area contributed by atoms with Gasteiger partial charge in [0.15, 0.2) is 0 Å². The summed E-state index contributed by atoms with van der Waals surface area (Å²) >= 11 is 0. The minimum absolute atomic E-state index is 0.173. The fraction of sp³-hybridized carbons (Fsp3) is 0.875. The SMILES string of the molecule is CCCC(=O)OCCC(C)O. The van der Waals surface area contributed by atoms with E-state index in [4.69, 9.17) is 9.84 Å². The van der Waals surface area contributed by atoms with Crippen LogP contribution in [0.1, 0.15) is 33.1 Å². The Balaban J connectivity index is 3.17. The molecule has 0 aliphatic carbocycles. The van der Waals surface area contributed by atoms with Crippen LogP contribution in [0.25, 0.3) is 0 Å². The zero-order chi connectivity index (χ0) is 8.69. The Morgan fingerprint density at radius 1 is 1.64 bits per heavy atom. The zero-order valence-corrected chi connectivity index (χ0v) is 7.17. The molecule has 0 aliphatic rings. The largest absolute Gasteiger partial charge is 0.466 e. The molecule has 66 valence electrons. The predicted octanol–water partition coefficient (Wildman–Crippen LogP) is 1.10. The third kappa shape index (κ3) is 7.33. The summed E-state index contributed by atoms with van der Waals surface area (Å²) in [5.41, 5.74) is 0. The molecule has 11 heavy (non-hydrogen) atoms. The Hall–Kier alpha value is -0.570. The second-order valence-corrected chi connectivity index (χ2v) is 2.61. The molecule has 0 rings (SSSR count). The van der Waals surface area contributed by atoms with Crippen molar-refractivity contribution in [3.63, 3.8) is 0 Å². The number of rotatable bonds is 5. The van der Waals surface area contributed by atoms with Crippen molar-refractivity contribution in [2.24, 2.45) is 0 Å². The Morgan fingerprint density at radius 2 is 2.27 bits per heavy atom. The first-order chi connectivity index (χ1) is 5.16. The number of hydrogen-bond donors (Lipinski definition) is 1. The maximum Gasteiger partial charge on any atom is 0.305 e. The van der Waals surface area contributed by atoms with E-state index in [9.17, 15) is 4.79 Å². The van der Waals surface area contributed by atoms with Crippen molar-refractivity contribution < 1.29 is 14.6 Å². The molecule has 0 aliphatic heterocycles. The van der Waals surface area contributed by atoms with Crippen LogP contribution in [0.4, 0.5) is 0 Å². The third-order valence-electron chi connectivity index (χ3n) is 1.25. The number of carbonyl (C=O) groups is 1. The van der Waals surface area contributed by atoms with Gasteiger partial charge in [0.05, 0.1) is 12.7 Å². The van der Waals surface area contributed by atoms with Crippen molar-refractivity contribution in [2.45, 2.75) is 39.2 Å². The lowest BCUT2D eigenvalue weighted by Gasteiger charge is -2.04. The zero-order valence-electron chi connectivity index (χ0n) is 7.17. The van der Waals surface area contributed by atoms with Crippen molar-refractivity contribution in [3.8, 4) is 0 Å². The standard InChI is InChI=1S/C8H16O3/c1-3-4-8(10)11-6-5-7(2)9/h7,9H,3-6H2,1-2H3. The summed E-state index contributed by atoms with van der Waals surface area (Å²) in [7, 11) is 0. The van der Waals surface area contributed by atoms with Gasteiger partial charge >= 0.3 is 5.97 Å². The van der Waals surface area contributed by atoms with Gasteiger partial charge in [0.2, 0.25) is 0 Å². The van der Waals surface area contributed by atoms with Crippen LogP contribution >= 0.6 is 0 Å². The molecule has 0 heterocycles. The van der Waals surface area contributed by atoms with Crippen molar-refractivity contribution >= 4 is 5.97 Å².